The van der Waals surface area contributed by atoms with Crippen LogP contribution in [0.4, 0.5) is 0 Å². The molecule has 16 heteroatoms. The van der Waals surface area contributed by atoms with Crippen molar-refractivity contribution in [3.05, 3.63) is 68.9 Å². The molecule has 0 aliphatic carbocycles. The highest BCUT2D eigenvalue weighted by Crippen LogP contribution is 2.49. The number of amides is 2. The number of phenolic OH excluding ortho intramolecular Hbond substituents is 2. The van der Waals surface area contributed by atoms with Crippen molar-refractivity contribution in [1.29, 1.82) is 0 Å². The molecule has 0 bridgehead atoms. The van der Waals surface area contributed by atoms with Gasteiger partial charge in [-0.3, -0.25) is 9.59 Å². The van der Waals surface area contributed by atoms with E-state index in [1.54, 1.807) is 24.3 Å². The van der Waals surface area contributed by atoms with Gasteiger partial charge in [0.15, 0.2) is 6.23 Å². The standard InChI is InChI=1S/C33H30N4O11S/c38-9-12-7-13(10-39)49-19(12)8-34-37-31(46)22-20-14-3-1-5-16(41)24(14)35-25(20)27-21(23(22)32(37)47)15-4-2-6-17(42)26(15)36(27)33-30(45)29(44)28(43)18(11-40)48-33/h1-7,18,28-30,33-35,38-45H,8-11H2/t18-,28-,29+,30-,33-/m1/s1. The van der Waals surface area contributed by atoms with Gasteiger partial charge in [0, 0.05) is 31.3 Å². The minimum Gasteiger partial charge on any atom is -0.506 e. The van der Waals surface area contributed by atoms with E-state index < -0.39 is 49.1 Å². The Balaban J connectivity index is 1.43. The molecule has 10 N–H and O–H groups in total. The Bertz CT molecular complexity index is 2340. The zero-order chi connectivity index (χ0) is 34.5. The van der Waals surface area contributed by atoms with Gasteiger partial charge in [0.2, 0.25) is 0 Å². The van der Waals surface area contributed by atoms with Crippen LogP contribution >= 0.6 is 11.3 Å². The molecule has 15 nitrogen and oxygen atoms in total. The minimum atomic E-state index is -1.79. The van der Waals surface area contributed by atoms with E-state index in [-0.39, 0.29) is 80.6 Å². The summed E-state index contributed by atoms with van der Waals surface area (Å²) in [6.07, 6.45) is -8.07. The molecule has 49 heavy (non-hydrogen) atoms. The van der Waals surface area contributed by atoms with Gasteiger partial charge in [-0.1, -0.05) is 24.3 Å². The first kappa shape index (κ1) is 31.6. The van der Waals surface area contributed by atoms with Crippen LogP contribution in [0.1, 0.15) is 42.3 Å². The predicted octanol–water partition coefficient (Wildman–Crippen LogP) is 1.16. The number of hydrogen-bond acceptors (Lipinski definition) is 13. The van der Waals surface area contributed by atoms with Crippen molar-refractivity contribution in [2.75, 3.05) is 6.61 Å². The fourth-order valence-electron chi connectivity index (χ4n) is 7.21. The average molecular weight is 691 g/mol. The van der Waals surface area contributed by atoms with Gasteiger partial charge in [-0.15, -0.1) is 11.3 Å². The second-order valence-corrected chi connectivity index (χ2v) is 13.3. The summed E-state index contributed by atoms with van der Waals surface area (Å²) in [7, 11) is 0. The van der Waals surface area contributed by atoms with Crippen molar-refractivity contribution in [1.82, 2.24) is 20.0 Å². The number of aromatic amines is 1. The van der Waals surface area contributed by atoms with E-state index in [0.29, 0.717) is 20.7 Å². The molecule has 8 rings (SSSR count). The maximum Gasteiger partial charge on any atom is 0.276 e. The number of aromatic hydroxyl groups is 2. The number of para-hydroxylation sites is 2. The molecule has 6 aromatic rings. The van der Waals surface area contributed by atoms with Gasteiger partial charge >= 0.3 is 0 Å². The van der Waals surface area contributed by atoms with Gasteiger partial charge in [-0.2, -0.15) is 0 Å². The number of nitrogens with one attached hydrogen (secondary N) is 2. The van der Waals surface area contributed by atoms with Crippen LogP contribution in [0.5, 0.6) is 11.5 Å². The average Bonchev–Trinajstić information content (AvgIpc) is 3.84. The molecule has 5 atom stereocenters. The van der Waals surface area contributed by atoms with E-state index in [2.05, 4.69) is 10.4 Å². The number of nitrogens with zero attached hydrogens (tertiary/aromatic N) is 2. The number of phenols is 2. The molecule has 0 radical (unpaired) electrons. The summed E-state index contributed by atoms with van der Waals surface area (Å²) in [5, 5.41) is 86.1. The van der Waals surface area contributed by atoms with Crippen LogP contribution in [0.25, 0.3) is 43.6 Å². The third-order valence-electron chi connectivity index (χ3n) is 9.43. The number of rotatable bonds is 7. The van der Waals surface area contributed by atoms with Gasteiger partial charge in [-0.25, -0.2) is 10.4 Å². The second-order valence-electron chi connectivity index (χ2n) is 12.1. The Kier molecular flexibility index (Phi) is 7.41. The number of imide groups is 1. The summed E-state index contributed by atoms with van der Waals surface area (Å²) in [5.74, 6) is -1.92. The number of aliphatic hydroxyl groups is 6. The van der Waals surface area contributed by atoms with Gasteiger partial charge in [0.1, 0.15) is 35.9 Å². The normalized spacial score (nSPS) is 22.8. The number of ether oxygens (including phenoxy) is 1. The zero-order valence-electron chi connectivity index (χ0n) is 25.4. The molecule has 3 aromatic heterocycles. The van der Waals surface area contributed by atoms with Gasteiger partial charge in [-0.05, 0) is 23.8 Å². The van der Waals surface area contributed by atoms with Crippen LogP contribution in [0, 0.1) is 0 Å². The van der Waals surface area contributed by atoms with Crippen molar-refractivity contribution >= 4 is 66.8 Å². The smallest absolute Gasteiger partial charge is 0.276 e. The first-order valence-corrected chi connectivity index (χ1v) is 16.1. The SMILES string of the molecule is O=C1c2c(c3c4cccc(O)c4n([C@@H]4O[C@H](CO)[C@@H](O)[C@H](O)[C@H]4O)c3c3[nH]c4c(O)cccc4c23)C(=O)N1NCc1sc(CO)cc1CO. The molecule has 5 heterocycles. The lowest BCUT2D eigenvalue weighted by Gasteiger charge is -2.41. The number of benzene rings is 3. The van der Waals surface area contributed by atoms with E-state index in [1.807, 2.05) is 0 Å². The largest absolute Gasteiger partial charge is 0.506 e. The summed E-state index contributed by atoms with van der Waals surface area (Å²) in [6.45, 7) is -1.33. The summed E-state index contributed by atoms with van der Waals surface area (Å²) in [6, 6.07) is 10.8. The molecule has 0 unspecified atom stereocenters. The predicted molar refractivity (Wildman–Crippen MR) is 175 cm³/mol. The lowest BCUT2D eigenvalue weighted by atomic mass is 9.96. The molecule has 1 fully saturated rings. The quantitative estimate of drug-likeness (QED) is 0.106. The van der Waals surface area contributed by atoms with Gasteiger partial charge in [0.05, 0.1) is 59.6 Å². The number of carbonyl (C=O) groups excluding carboxylic acids is 2. The summed E-state index contributed by atoms with van der Waals surface area (Å²) in [4.78, 5) is 33.1. The van der Waals surface area contributed by atoms with Crippen molar-refractivity contribution in [2.24, 2.45) is 0 Å². The molecular weight excluding hydrogens is 660 g/mol. The molecule has 0 spiro atoms. The Morgan fingerprint density at radius 2 is 1.51 bits per heavy atom. The third-order valence-corrected chi connectivity index (χ3v) is 10.6. The molecule has 2 amide bonds. The maximum atomic E-state index is 14.4. The third kappa shape index (κ3) is 4.37. The van der Waals surface area contributed by atoms with Gasteiger partial charge < -0.3 is 55.1 Å². The minimum absolute atomic E-state index is 0.00217. The number of fused-ring (bicyclic) bond motifs is 10. The molecule has 2 aliphatic heterocycles. The molecule has 1 saturated heterocycles. The topological polar surface area (TPSA) is 241 Å². The van der Waals surface area contributed by atoms with Crippen LogP contribution in [-0.2, 0) is 24.5 Å². The van der Waals surface area contributed by atoms with Crippen LogP contribution in [0.2, 0.25) is 0 Å². The van der Waals surface area contributed by atoms with Crippen molar-refractivity contribution in [3.63, 3.8) is 0 Å². The fourth-order valence-corrected chi connectivity index (χ4v) is 8.18. The van der Waals surface area contributed by atoms with Gasteiger partial charge in [0.25, 0.3) is 11.8 Å². The van der Waals surface area contributed by atoms with E-state index in [0.717, 1.165) is 5.01 Å². The number of hydrazine groups is 1. The monoisotopic (exact) mass is 690 g/mol. The van der Waals surface area contributed by atoms with Crippen LogP contribution in [-0.4, -0.2) is 98.2 Å². The number of aromatic nitrogens is 2. The molecular formula is C33H30N4O11S. The number of H-pyrrole nitrogens is 1. The highest BCUT2D eigenvalue weighted by molar-refractivity contribution is 7.12. The van der Waals surface area contributed by atoms with Crippen molar-refractivity contribution < 1.29 is 55.2 Å². The first-order valence-electron chi connectivity index (χ1n) is 15.3. The number of hydrogen-bond donors (Lipinski definition) is 10. The highest BCUT2D eigenvalue weighted by atomic mass is 32.1. The van der Waals surface area contributed by atoms with E-state index in [1.165, 1.54) is 34.1 Å². The lowest BCUT2D eigenvalue weighted by molar-refractivity contribution is -0.249. The van der Waals surface area contributed by atoms with Crippen LogP contribution in [0.3, 0.4) is 0 Å². The Morgan fingerprint density at radius 3 is 2.20 bits per heavy atom. The van der Waals surface area contributed by atoms with E-state index >= 15 is 0 Å². The molecule has 0 saturated carbocycles. The van der Waals surface area contributed by atoms with Crippen LogP contribution in [0.15, 0.2) is 42.5 Å². The number of aliphatic hydroxyl groups excluding tert-OH is 6. The summed E-state index contributed by atoms with van der Waals surface area (Å²) < 4.78 is 7.33. The lowest BCUT2D eigenvalue weighted by Crippen LogP contribution is -2.56. The summed E-state index contributed by atoms with van der Waals surface area (Å²) >= 11 is 1.21. The van der Waals surface area contributed by atoms with Crippen LogP contribution < -0.4 is 5.43 Å². The molecule has 254 valence electrons. The Labute approximate surface area is 279 Å². The Hall–Kier alpha value is -4.62. The molecule has 2 aliphatic rings. The maximum absolute atomic E-state index is 14.4. The van der Waals surface area contributed by atoms with Crippen molar-refractivity contribution in [3.8, 4) is 11.5 Å². The number of thiophene rings is 1. The van der Waals surface area contributed by atoms with E-state index in [9.17, 15) is 50.4 Å². The number of carbonyl (C=O) groups is 2. The van der Waals surface area contributed by atoms with E-state index in [4.69, 9.17) is 4.74 Å². The molecule has 3 aromatic carbocycles. The Morgan fingerprint density at radius 1 is 0.816 bits per heavy atom. The summed E-state index contributed by atoms with van der Waals surface area (Å²) in [5.41, 5.74) is 4.05. The van der Waals surface area contributed by atoms with Crippen molar-refractivity contribution in [2.45, 2.75) is 50.4 Å². The zero-order valence-corrected chi connectivity index (χ0v) is 26.2. The first-order chi connectivity index (χ1) is 23.6. The fraction of sp³-hybridized carbons (Fsp3) is 0.273. The highest BCUT2D eigenvalue weighted by Gasteiger charge is 2.47. The second kappa shape index (κ2) is 11.5.